The van der Waals surface area contributed by atoms with Gasteiger partial charge in [0.15, 0.2) is 5.78 Å². The summed E-state index contributed by atoms with van der Waals surface area (Å²) >= 11 is 4.99. The SMILES string of the molecule is CN(C)C(=S)Oc1ccc(C(=O)CCC(=O)O)cc1. The smallest absolute Gasteiger partial charge is 0.303 e. The number of carbonyl (C=O) groups is 2. The van der Waals surface area contributed by atoms with E-state index >= 15 is 0 Å². The summed E-state index contributed by atoms with van der Waals surface area (Å²) in [6.07, 6.45) is -0.173. The van der Waals surface area contributed by atoms with Gasteiger partial charge in [-0.1, -0.05) is 0 Å². The lowest BCUT2D eigenvalue weighted by atomic mass is 10.1. The number of rotatable bonds is 5. The average Bonchev–Trinajstić information content (AvgIpc) is 2.36. The number of ketones is 1. The zero-order valence-corrected chi connectivity index (χ0v) is 11.6. The van der Waals surface area contributed by atoms with Crippen LogP contribution in [0.1, 0.15) is 23.2 Å². The highest BCUT2D eigenvalue weighted by Crippen LogP contribution is 2.14. The fraction of sp³-hybridized carbons (Fsp3) is 0.308. The lowest BCUT2D eigenvalue weighted by molar-refractivity contribution is -0.136. The summed E-state index contributed by atoms with van der Waals surface area (Å²) in [5.41, 5.74) is 0.462. The first-order chi connectivity index (χ1) is 8.90. The van der Waals surface area contributed by atoms with Crippen molar-refractivity contribution in [3.05, 3.63) is 29.8 Å². The van der Waals surface area contributed by atoms with Gasteiger partial charge in [0, 0.05) is 26.1 Å². The van der Waals surface area contributed by atoms with Gasteiger partial charge in [-0.3, -0.25) is 9.59 Å². The minimum Gasteiger partial charge on any atom is -0.481 e. The Kier molecular flexibility index (Phi) is 5.44. The standard InChI is InChI=1S/C13H15NO4S/c1-14(2)13(19)18-10-5-3-9(4-6-10)11(15)7-8-12(16)17/h3-6H,7-8H2,1-2H3,(H,16,17). The highest BCUT2D eigenvalue weighted by Gasteiger charge is 2.09. The zero-order chi connectivity index (χ0) is 14.4. The second kappa shape index (κ2) is 6.84. The fourth-order valence-corrected chi connectivity index (χ4v) is 1.36. The van der Waals surface area contributed by atoms with Crippen molar-refractivity contribution >= 4 is 29.1 Å². The molecule has 1 N–H and O–H groups in total. The van der Waals surface area contributed by atoms with Crippen LogP contribution in [-0.4, -0.2) is 41.0 Å². The molecular formula is C13H15NO4S. The normalized spacial score (nSPS) is 9.79. The van der Waals surface area contributed by atoms with E-state index in [-0.39, 0.29) is 18.6 Å². The molecule has 0 unspecified atom stereocenters. The maximum Gasteiger partial charge on any atom is 0.303 e. The van der Waals surface area contributed by atoms with E-state index in [9.17, 15) is 9.59 Å². The summed E-state index contributed by atoms with van der Waals surface area (Å²) in [6, 6.07) is 6.45. The predicted octanol–water partition coefficient (Wildman–Crippen LogP) is 1.96. The first kappa shape index (κ1) is 15.1. The van der Waals surface area contributed by atoms with Crippen LogP contribution in [-0.2, 0) is 4.79 Å². The summed E-state index contributed by atoms with van der Waals surface area (Å²) in [7, 11) is 3.54. The number of ether oxygens (including phenoxy) is 1. The topological polar surface area (TPSA) is 66.8 Å². The quantitative estimate of drug-likeness (QED) is 0.657. The van der Waals surface area contributed by atoms with Gasteiger partial charge in [-0.2, -0.15) is 0 Å². The van der Waals surface area contributed by atoms with Crippen LogP contribution in [0.3, 0.4) is 0 Å². The summed E-state index contributed by atoms with van der Waals surface area (Å²) in [6.45, 7) is 0. The van der Waals surface area contributed by atoms with Crippen molar-refractivity contribution in [1.29, 1.82) is 0 Å². The molecule has 0 aliphatic heterocycles. The van der Waals surface area contributed by atoms with Gasteiger partial charge in [-0.25, -0.2) is 0 Å². The van der Waals surface area contributed by atoms with Crippen molar-refractivity contribution in [3.8, 4) is 5.75 Å². The van der Waals surface area contributed by atoms with Crippen molar-refractivity contribution in [2.75, 3.05) is 14.1 Å². The molecule has 0 heterocycles. The van der Waals surface area contributed by atoms with E-state index in [1.54, 1.807) is 43.3 Å². The van der Waals surface area contributed by atoms with Crippen LogP contribution in [0.5, 0.6) is 5.75 Å². The molecule has 0 spiro atoms. The maximum atomic E-state index is 11.7. The molecule has 102 valence electrons. The number of hydrogen-bond acceptors (Lipinski definition) is 4. The van der Waals surface area contributed by atoms with E-state index in [1.807, 2.05) is 0 Å². The number of nitrogens with zero attached hydrogens (tertiary/aromatic N) is 1. The van der Waals surface area contributed by atoms with Gasteiger partial charge >= 0.3 is 5.97 Å². The molecule has 0 amide bonds. The molecule has 0 aromatic heterocycles. The minimum absolute atomic E-state index is 0.00829. The molecule has 1 rings (SSSR count). The molecule has 6 heteroatoms. The Labute approximate surface area is 116 Å². The van der Waals surface area contributed by atoms with E-state index in [1.165, 1.54) is 0 Å². The Morgan fingerprint density at radius 1 is 1.21 bits per heavy atom. The molecule has 0 atom stereocenters. The fourth-order valence-electron chi connectivity index (χ4n) is 1.27. The number of thiocarbonyl (C=S) groups is 1. The molecule has 0 bridgehead atoms. The van der Waals surface area contributed by atoms with Gasteiger partial charge in [0.1, 0.15) is 5.75 Å². The summed E-state index contributed by atoms with van der Waals surface area (Å²) < 4.78 is 5.36. The van der Waals surface area contributed by atoms with Crippen LogP contribution in [0, 0.1) is 0 Å². The van der Waals surface area contributed by atoms with Gasteiger partial charge in [-0.05, 0) is 36.5 Å². The van der Waals surface area contributed by atoms with Gasteiger partial charge in [-0.15, -0.1) is 0 Å². The van der Waals surface area contributed by atoms with E-state index < -0.39 is 5.97 Å². The minimum atomic E-state index is -0.982. The Morgan fingerprint density at radius 3 is 2.26 bits per heavy atom. The molecule has 19 heavy (non-hydrogen) atoms. The Morgan fingerprint density at radius 2 is 1.79 bits per heavy atom. The van der Waals surface area contributed by atoms with Crippen LogP contribution in [0.2, 0.25) is 0 Å². The zero-order valence-electron chi connectivity index (χ0n) is 10.8. The largest absolute Gasteiger partial charge is 0.481 e. The van der Waals surface area contributed by atoms with Gasteiger partial charge in [0.25, 0.3) is 5.17 Å². The van der Waals surface area contributed by atoms with Gasteiger partial charge < -0.3 is 14.7 Å². The molecule has 5 nitrogen and oxygen atoms in total. The van der Waals surface area contributed by atoms with Crippen molar-refractivity contribution < 1.29 is 19.4 Å². The predicted molar refractivity (Wildman–Crippen MR) is 74.6 cm³/mol. The van der Waals surface area contributed by atoms with E-state index in [2.05, 4.69) is 0 Å². The third-order valence-electron chi connectivity index (χ3n) is 2.31. The second-order valence-corrected chi connectivity index (χ2v) is 4.45. The van der Waals surface area contributed by atoms with Crippen LogP contribution in [0.15, 0.2) is 24.3 Å². The summed E-state index contributed by atoms with van der Waals surface area (Å²) in [4.78, 5) is 23.7. The third kappa shape index (κ3) is 5.05. The molecule has 0 aliphatic rings. The van der Waals surface area contributed by atoms with Gasteiger partial charge in [0.2, 0.25) is 0 Å². The maximum absolute atomic E-state index is 11.7. The van der Waals surface area contributed by atoms with Crippen LogP contribution in [0.25, 0.3) is 0 Å². The van der Waals surface area contributed by atoms with E-state index in [0.717, 1.165) is 0 Å². The summed E-state index contributed by atoms with van der Waals surface area (Å²) in [5.74, 6) is -0.651. The van der Waals surface area contributed by atoms with Crippen molar-refractivity contribution in [2.24, 2.45) is 0 Å². The average molecular weight is 281 g/mol. The number of benzene rings is 1. The molecule has 0 aliphatic carbocycles. The molecule has 0 saturated carbocycles. The summed E-state index contributed by atoms with van der Waals surface area (Å²) in [5, 5.41) is 8.84. The molecule has 0 saturated heterocycles. The number of carboxylic acids is 1. The number of carbonyl (C=O) groups excluding carboxylic acids is 1. The molecule has 1 aromatic rings. The Balaban J connectivity index is 2.63. The highest BCUT2D eigenvalue weighted by molar-refractivity contribution is 7.80. The molecule has 1 aromatic carbocycles. The number of Topliss-reactive ketones (excluding diaryl/α,β-unsaturated/α-hetero) is 1. The molecule has 0 radical (unpaired) electrons. The lowest BCUT2D eigenvalue weighted by Crippen LogP contribution is -2.24. The van der Waals surface area contributed by atoms with Crippen LogP contribution >= 0.6 is 12.2 Å². The second-order valence-electron chi connectivity index (χ2n) is 4.10. The highest BCUT2D eigenvalue weighted by atomic mass is 32.1. The first-order valence-corrected chi connectivity index (χ1v) is 6.05. The van der Waals surface area contributed by atoms with Gasteiger partial charge in [0.05, 0.1) is 6.42 Å². The van der Waals surface area contributed by atoms with Crippen molar-refractivity contribution in [1.82, 2.24) is 4.90 Å². The number of aliphatic carboxylic acids is 1. The molecular weight excluding hydrogens is 266 g/mol. The Hall–Kier alpha value is -1.95. The Bertz CT molecular complexity index is 482. The van der Waals surface area contributed by atoms with Crippen molar-refractivity contribution in [3.63, 3.8) is 0 Å². The third-order valence-corrected chi connectivity index (χ3v) is 2.76. The number of carboxylic acid groups (broad SMARTS) is 1. The van der Waals surface area contributed by atoms with E-state index in [4.69, 9.17) is 22.1 Å². The van der Waals surface area contributed by atoms with Crippen LogP contribution < -0.4 is 4.74 Å². The lowest BCUT2D eigenvalue weighted by Gasteiger charge is -2.14. The first-order valence-electron chi connectivity index (χ1n) is 5.64. The number of hydrogen-bond donors (Lipinski definition) is 1. The van der Waals surface area contributed by atoms with E-state index in [0.29, 0.717) is 16.5 Å². The monoisotopic (exact) mass is 281 g/mol. The van der Waals surface area contributed by atoms with Crippen molar-refractivity contribution in [2.45, 2.75) is 12.8 Å². The van der Waals surface area contributed by atoms with Crippen LogP contribution in [0.4, 0.5) is 0 Å². The molecule has 0 fully saturated rings.